The molecule has 1 fully saturated rings. The summed E-state index contributed by atoms with van der Waals surface area (Å²) in [5.41, 5.74) is 11.1. The van der Waals surface area contributed by atoms with E-state index in [0.29, 0.717) is 11.5 Å². The van der Waals surface area contributed by atoms with Gasteiger partial charge in [0, 0.05) is 35.1 Å². The van der Waals surface area contributed by atoms with Crippen molar-refractivity contribution < 1.29 is 4.79 Å². The lowest BCUT2D eigenvalue weighted by Gasteiger charge is -2.09. The number of carbonyl (C=O) groups is 1. The first kappa shape index (κ1) is 17.0. The molecule has 1 aliphatic rings. The number of amides is 1. The summed E-state index contributed by atoms with van der Waals surface area (Å²) >= 11 is 1.61. The number of nitrogens with two attached hydrogens (primary N) is 1. The first-order chi connectivity index (χ1) is 12.6. The highest BCUT2D eigenvalue weighted by Crippen LogP contribution is 2.36. The number of aryl methyl sites for hydroxylation is 1. The Hall–Kier alpha value is -2.47. The highest BCUT2D eigenvalue weighted by atomic mass is 32.1. The number of hydrogen-bond donors (Lipinski definition) is 1. The Morgan fingerprint density at radius 1 is 1.38 bits per heavy atom. The predicted octanol–water partition coefficient (Wildman–Crippen LogP) is 4.05. The number of primary amides is 1. The van der Waals surface area contributed by atoms with Crippen molar-refractivity contribution in [2.75, 3.05) is 0 Å². The highest BCUT2D eigenvalue weighted by Gasteiger charge is 2.26. The van der Waals surface area contributed by atoms with Gasteiger partial charge < -0.3 is 10.3 Å². The Labute approximate surface area is 156 Å². The number of nitrogens with zero attached hydrogens (tertiary/aromatic N) is 3. The zero-order valence-corrected chi connectivity index (χ0v) is 15.8. The second-order valence-corrected chi connectivity index (χ2v) is 7.73. The van der Waals surface area contributed by atoms with Crippen molar-refractivity contribution in [3.63, 3.8) is 0 Å². The number of pyridine rings is 1. The third-order valence-corrected chi connectivity index (χ3v) is 5.85. The number of hydrogen-bond acceptors (Lipinski definition) is 4. The summed E-state index contributed by atoms with van der Waals surface area (Å²) in [5.74, 6) is 0.321. The van der Waals surface area contributed by atoms with Gasteiger partial charge in [-0.25, -0.2) is 4.98 Å². The van der Waals surface area contributed by atoms with Crippen LogP contribution < -0.4 is 5.73 Å². The number of rotatable bonds is 6. The normalized spacial score (nSPS) is 13.9. The van der Waals surface area contributed by atoms with Gasteiger partial charge in [0.25, 0.3) is 5.91 Å². The summed E-state index contributed by atoms with van der Waals surface area (Å²) in [7, 11) is 0. The van der Waals surface area contributed by atoms with Crippen LogP contribution in [0.1, 0.15) is 41.5 Å². The second-order valence-electron chi connectivity index (χ2n) is 6.87. The van der Waals surface area contributed by atoms with E-state index in [9.17, 15) is 4.79 Å². The van der Waals surface area contributed by atoms with Crippen molar-refractivity contribution in [1.82, 2.24) is 14.5 Å². The Kier molecular flexibility index (Phi) is 4.36. The molecule has 3 aromatic rings. The van der Waals surface area contributed by atoms with Gasteiger partial charge in [0.1, 0.15) is 5.01 Å². The molecular weight excluding hydrogens is 344 g/mol. The third kappa shape index (κ3) is 3.17. The molecule has 0 unspecified atom stereocenters. The van der Waals surface area contributed by atoms with E-state index in [4.69, 9.17) is 10.7 Å². The maximum Gasteiger partial charge on any atom is 0.250 e. The molecule has 0 saturated heterocycles. The minimum atomic E-state index is -0.379. The lowest BCUT2D eigenvalue weighted by Crippen LogP contribution is -2.12. The number of thiazole rings is 1. The van der Waals surface area contributed by atoms with Gasteiger partial charge in [-0.3, -0.25) is 9.78 Å². The van der Waals surface area contributed by atoms with Crippen LogP contribution in [0.3, 0.4) is 0 Å². The lowest BCUT2D eigenvalue weighted by molar-refractivity contribution is 0.0999. The van der Waals surface area contributed by atoms with Gasteiger partial charge in [-0.2, -0.15) is 0 Å². The van der Waals surface area contributed by atoms with E-state index in [-0.39, 0.29) is 5.91 Å². The van der Waals surface area contributed by atoms with Crippen LogP contribution in [0.2, 0.25) is 0 Å². The maximum absolute atomic E-state index is 11.8. The molecule has 0 radical (unpaired) electrons. The van der Waals surface area contributed by atoms with Crippen LogP contribution in [0.25, 0.3) is 22.0 Å². The number of aromatic nitrogens is 3. The molecular formula is C20H22N4OS. The summed E-state index contributed by atoms with van der Waals surface area (Å²) in [6, 6.07) is 5.97. The Balaban J connectivity index is 1.74. The molecule has 3 aromatic heterocycles. The van der Waals surface area contributed by atoms with Crippen molar-refractivity contribution in [2.24, 2.45) is 11.7 Å². The van der Waals surface area contributed by atoms with E-state index in [1.165, 1.54) is 12.8 Å². The molecule has 4 rings (SSSR count). The van der Waals surface area contributed by atoms with Crippen LogP contribution in [-0.2, 0) is 13.0 Å². The summed E-state index contributed by atoms with van der Waals surface area (Å²) in [5, 5.41) is 3.03. The summed E-state index contributed by atoms with van der Waals surface area (Å²) < 4.78 is 2.21. The summed E-state index contributed by atoms with van der Waals surface area (Å²) in [4.78, 5) is 21.0. The van der Waals surface area contributed by atoms with Crippen LogP contribution in [0.15, 0.2) is 29.8 Å². The molecule has 1 saturated carbocycles. The average Bonchev–Trinajstić information content (AvgIpc) is 3.22. The second kappa shape index (κ2) is 6.68. The van der Waals surface area contributed by atoms with Crippen molar-refractivity contribution in [3.8, 4) is 22.0 Å². The summed E-state index contributed by atoms with van der Waals surface area (Å²) in [6.45, 7) is 4.99. The monoisotopic (exact) mass is 366 g/mol. The molecule has 1 amide bonds. The smallest absolute Gasteiger partial charge is 0.250 e. The van der Waals surface area contributed by atoms with E-state index in [0.717, 1.165) is 46.3 Å². The van der Waals surface area contributed by atoms with E-state index in [1.807, 2.05) is 25.3 Å². The molecule has 3 heterocycles. The van der Waals surface area contributed by atoms with Crippen molar-refractivity contribution >= 4 is 17.2 Å². The van der Waals surface area contributed by atoms with E-state index in [1.54, 1.807) is 11.3 Å². The quantitative estimate of drug-likeness (QED) is 0.715. The van der Waals surface area contributed by atoms with Gasteiger partial charge in [-0.15, -0.1) is 11.3 Å². The Bertz CT molecular complexity index is 968. The molecule has 0 bridgehead atoms. The molecule has 134 valence electrons. The van der Waals surface area contributed by atoms with Gasteiger partial charge in [0.15, 0.2) is 0 Å². The fourth-order valence-corrected chi connectivity index (χ4v) is 4.04. The molecule has 2 N–H and O–H groups in total. The average molecular weight is 366 g/mol. The lowest BCUT2D eigenvalue weighted by atomic mass is 10.2. The Morgan fingerprint density at radius 2 is 2.19 bits per heavy atom. The minimum Gasteiger partial charge on any atom is -0.366 e. The van der Waals surface area contributed by atoms with Crippen LogP contribution in [-0.4, -0.2) is 20.4 Å². The minimum absolute atomic E-state index is 0.379. The molecule has 0 spiro atoms. The predicted molar refractivity (Wildman–Crippen MR) is 104 cm³/mol. The topological polar surface area (TPSA) is 73.8 Å². The van der Waals surface area contributed by atoms with E-state index >= 15 is 0 Å². The first-order valence-corrected chi connectivity index (χ1v) is 9.86. The SMILES string of the molecule is CCc1cc(-c2nc(-c3cc(C(N)=O)c(C)n3CC3CC3)cs2)ccn1. The maximum atomic E-state index is 11.8. The molecule has 1 aliphatic carbocycles. The fourth-order valence-electron chi connectivity index (χ4n) is 3.23. The standard InChI is InChI=1S/C20H22N4OS/c1-3-15-8-14(6-7-22-15)20-23-17(11-26-20)18-9-16(19(21)25)12(2)24(18)10-13-4-5-13/h6-9,11,13H,3-5,10H2,1-2H3,(H2,21,25). The van der Waals surface area contributed by atoms with E-state index < -0.39 is 0 Å². The first-order valence-electron chi connectivity index (χ1n) is 8.98. The van der Waals surface area contributed by atoms with Crippen LogP contribution in [0.4, 0.5) is 0 Å². The molecule has 0 atom stereocenters. The fraction of sp³-hybridized carbons (Fsp3) is 0.350. The van der Waals surface area contributed by atoms with Crippen molar-refractivity contribution in [1.29, 1.82) is 0 Å². The highest BCUT2D eigenvalue weighted by molar-refractivity contribution is 7.13. The molecule has 26 heavy (non-hydrogen) atoms. The van der Waals surface area contributed by atoms with E-state index in [2.05, 4.69) is 27.9 Å². The Morgan fingerprint density at radius 3 is 2.88 bits per heavy atom. The van der Waals surface area contributed by atoms with Crippen LogP contribution in [0, 0.1) is 12.8 Å². The van der Waals surface area contributed by atoms with Crippen LogP contribution >= 0.6 is 11.3 Å². The van der Waals surface area contributed by atoms with Gasteiger partial charge in [-0.05, 0) is 50.3 Å². The zero-order chi connectivity index (χ0) is 18.3. The van der Waals surface area contributed by atoms with Crippen molar-refractivity contribution in [3.05, 3.63) is 46.7 Å². The third-order valence-electron chi connectivity index (χ3n) is 4.96. The van der Waals surface area contributed by atoms with Gasteiger partial charge in [0.2, 0.25) is 0 Å². The van der Waals surface area contributed by atoms with Crippen LogP contribution in [0.5, 0.6) is 0 Å². The molecule has 0 aliphatic heterocycles. The summed E-state index contributed by atoms with van der Waals surface area (Å²) in [6.07, 6.45) is 5.24. The zero-order valence-electron chi connectivity index (χ0n) is 15.0. The number of carbonyl (C=O) groups excluding carboxylic acids is 1. The van der Waals surface area contributed by atoms with Crippen molar-refractivity contribution in [2.45, 2.75) is 39.7 Å². The van der Waals surface area contributed by atoms with Gasteiger partial charge in [-0.1, -0.05) is 6.92 Å². The molecule has 5 nitrogen and oxygen atoms in total. The van der Waals surface area contributed by atoms with Gasteiger partial charge in [0.05, 0.1) is 17.0 Å². The largest absolute Gasteiger partial charge is 0.366 e. The van der Waals surface area contributed by atoms with Gasteiger partial charge >= 0.3 is 0 Å². The molecule has 0 aromatic carbocycles. The molecule has 6 heteroatoms.